The van der Waals surface area contributed by atoms with Gasteiger partial charge in [-0.2, -0.15) is 0 Å². The quantitative estimate of drug-likeness (QED) is 0.0207. The molecule has 14 aliphatic rings. The molecule has 22 N–H and O–H groups in total. The first-order chi connectivity index (χ1) is 59.6. The number of esters is 2. The summed E-state index contributed by atoms with van der Waals surface area (Å²) in [5, 5.41) is 246. The summed E-state index contributed by atoms with van der Waals surface area (Å²) in [6.07, 6.45) is -73.6. The number of fused-ring (bicyclic) bond motifs is 7. The van der Waals surface area contributed by atoms with Crippen LogP contribution in [-0.4, -0.2) is 434 Å². The molecular formula is C82H128O45. The van der Waals surface area contributed by atoms with Gasteiger partial charge < -0.3 is 207 Å². The zero-order chi connectivity index (χ0) is 92.6. The monoisotopic (exact) mass is 1830 g/mol. The molecular weight excluding hydrogens is 1700 g/mol. The maximum atomic E-state index is 16.4. The van der Waals surface area contributed by atoms with E-state index in [4.69, 9.17) is 90.0 Å². The topological polar surface area (TPSA) is 689 Å². The fraction of sp³-hybridized carbons (Fsp3) is 0.927. The van der Waals surface area contributed by atoms with Gasteiger partial charge in [-0.3, -0.25) is 9.59 Å². The minimum atomic E-state index is -2.26. The highest BCUT2D eigenvalue weighted by Gasteiger charge is 2.74. The lowest BCUT2D eigenvalue weighted by Crippen LogP contribution is -2.69. The number of allylic oxidation sites excluding steroid dienone is 2. The standard InChI is InChI=1S/C82H128O45/c1-27-57(119-70-55(104)60(36(89)25-112-70)121-67-48(97)42(91)33(86)22-109-67)47(96)52(101)71(113-27)125-64-53(102)58(120-73-56(105)62(59(29(3)114-73)116-30(4)85)123-69-50(99)44(93)35(88)24-111-69)28(2)115-74(64)127-76(108)82-18-17-77(5,6)19-32(82)31-11-12-39-78(7)15-14-41(79(8,26-84)38(78)13-16-80(39,9)81(31,10)20-40(82)90)118-75-65(126-72-51(100)46(95)45(94)37(21-83)117-72)61(54(103)63(124-75)66(106)107)122-68-49(98)43(92)34(87)23-110-68/h11,26-29,32-65,67-75,83,86-105H,12-25H2,1-10H3,(H,106,107)/t27-,28+,29+,32-,33+,34+,35+,36+,37+,38+,39+,40+,41-,42-,43-,44-,45-,46-,47-,48+,49+,50+,51+,52+,53-,54-,55+,56+,57-,58-,59+,60-,61-,62+,63-,64+,65+,67-,68-,69-,70-,71-,72-,73-,74-,75-,78-,79-,80+,81+,82+/m0/s1. The highest BCUT2D eigenvalue weighted by molar-refractivity contribution is 5.80. The van der Waals surface area contributed by atoms with Crippen molar-refractivity contribution in [1.29, 1.82) is 0 Å². The summed E-state index contributed by atoms with van der Waals surface area (Å²) >= 11 is 0. The predicted octanol–water partition coefficient (Wildman–Crippen LogP) is -8.46. The van der Waals surface area contributed by atoms with E-state index < -0.39 is 359 Å². The third-order valence-corrected chi connectivity index (χ3v) is 30.5. The summed E-state index contributed by atoms with van der Waals surface area (Å²) in [6.45, 7) is 14.0. The minimum absolute atomic E-state index is 0.0143. The molecule has 9 heterocycles. The lowest BCUT2D eigenvalue weighted by molar-refractivity contribution is -0.392. The minimum Gasteiger partial charge on any atom is -0.479 e. The molecule has 0 radical (unpaired) electrons. The Bertz CT molecular complexity index is 3810. The van der Waals surface area contributed by atoms with E-state index in [0.29, 0.717) is 38.5 Å². The number of carbonyl (C=O) groups excluding carboxylic acids is 3. The van der Waals surface area contributed by atoms with Crippen molar-refractivity contribution in [2.75, 3.05) is 33.0 Å². The van der Waals surface area contributed by atoms with E-state index in [2.05, 4.69) is 26.8 Å². The number of hydrogen-bond acceptors (Lipinski definition) is 44. The van der Waals surface area contributed by atoms with Crippen LogP contribution < -0.4 is 0 Å². The molecule has 0 amide bonds. The molecule has 14 rings (SSSR count). The lowest BCUT2D eigenvalue weighted by Gasteiger charge is -2.71. The van der Waals surface area contributed by atoms with Gasteiger partial charge in [-0.05, 0) is 118 Å². The molecule has 0 aromatic heterocycles. The first-order valence-corrected chi connectivity index (χ1v) is 43.6. The van der Waals surface area contributed by atoms with Crippen LogP contribution in [0.3, 0.4) is 0 Å². The molecule has 45 heteroatoms. The summed E-state index contributed by atoms with van der Waals surface area (Å²) in [4.78, 5) is 56.5. The Morgan fingerprint density at radius 3 is 1.45 bits per heavy atom. The fourth-order valence-electron chi connectivity index (χ4n) is 23.0. The average Bonchev–Trinajstić information content (AvgIpc) is 0.668. The molecule has 0 aromatic carbocycles. The first-order valence-electron chi connectivity index (χ1n) is 43.6. The van der Waals surface area contributed by atoms with Crippen LogP contribution in [0, 0.1) is 50.2 Å². The van der Waals surface area contributed by atoms with Crippen LogP contribution in [0.4, 0.5) is 0 Å². The normalized spacial score (nSPS) is 54.3. The summed E-state index contributed by atoms with van der Waals surface area (Å²) in [5.41, 5.74) is -5.51. The maximum Gasteiger partial charge on any atom is 0.335 e. The Morgan fingerprint density at radius 2 is 0.890 bits per heavy atom. The number of carbonyl (C=O) groups is 4. The summed E-state index contributed by atoms with van der Waals surface area (Å²) in [5.74, 6) is -5.34. The van der Waals surface area contributed by atoms with Crippen molar-refractivity contribution in [3.8, 4) is 0 Å². The van der Waals surface area contributed by atoms with Crippen molar-refractivity contribution >= 4 is 24.2 Å². The molecule has 726 valence electrons. The van der Waals surface area contributed by atoms with E-state index in [-0.39, 0.29) is 25.2 Å². The van der Waals surface area contributed by atoms with E-state index in [0.717, 1.165) is 18.8 Å². The van der Waals surface area contributed by atoms with Crippen LogP contribution in [0.25, 0.3) is 0 Å². The highest BCUT2D eigenvalue weighted by atomic mass is 16.8. The number of hydrogen-bond donors (Lipinski definition) is 22. The van der Waals surface area contributed by atoms with Gasteiger partial charge in [0.25, 0.3) is 0 Å². The number of aliphatic carboxylic acids is 1. The molecule has 0 spiro atoms. The number of carboxylic acid groups (broad SMARTS) is 1. The van der Waals surface area contributed by atoms with Gasteiger partial charge in [0.1, 0.15) is 170 Å². The number of carboxylic acids is 1. The van der Waals surface area contributed by atoms with E-state index in [1.165, 1.54) is 20.8 Å². The second-order valence-corrected chi connectivity index (χ2v) is 38.9. The lowest BCUT2D eigenvalue weighted by atomic mass is 9.33. The zero-order valence-electron chi connectivity index (χ0n) is 71.8. The van der Waals surface area contributed by atoms with Gasteiger partial charge in [0.05, 0.1) is 69.0 Å². The van der Waals surface area contributed by atoms with Gasteiger partial charge in [-0.15, -0.1) is 0 Å². The second kappa shape index (κ2) is 38.1. The van der Waals surface area contributed by atoms with Crippen molar-refractivity contribution in [2.45, 2.75) is 391 Å². The largest absolute Gasteiger partial charge is 0.479 e. The molecule has 5 aliphatic carbocycles. The van der Waals surface area contributed by atoms with Gasteiger partial charge in [-0.1, -0.05) is 53.2 Å². The third-order valence-electron chi connectivity index (χ3n) is 30.5. The van der Waals surface area contributed by atoms with Crippen molar-refractivity contribution < 1.29 is 222 Å². The Morgan fingerprint density at radius 1 is 0.425 bits per heavy atom. The molecule has 45 nitrogen and oxygen atoms in total. The van der Waals surface area contributed by atoms with E-state index in [9.17, 15) is 127 Å². The Balaban J connectivity index is 0.743. The number of aldehydes is 1. The molecule has 127 heavy (non-hydrogen) atoms. The Labute approximate surface area is 729 Å². The molecule has 13 fully saturated rings. The van der Waals surface area contributed by atoms with E-state index >= 15 is 4.79 Å². The van der Waals surface area contributed by atoms with Crippen LogP contribution >= 0.6 is 0 Å². The predicted molar refractivity (Wildman–Crippen MR) is 410 cm³/mol. The smallest absolute Gasteiger partial charge is 0.335 e. The van der Waals surface area contributed by atoms with Gasteiger partial charge in [-0.25, -0.2) is 4.79 Å². The van der Waals surface area contributed by atoms with Crippen LogP contribution in [0.2, 0.25) is 0 Å². The summed E-state index contributed by atoms with van der Waals surface area (Å²) in [6, 6.07) is 0. The van der Waals surface area contributed by atoms with Crippen molar-refractivity contribution in [3.63, 3.8) is 0 Å². The number of aliphatic hydroxyl groups excluding tert-OH is 21. The highest BCUT2D eigenvalue weighted by Crippen LogP contribution is 2.76. The summed E-state index contributed by atoms with van der Waals surface area (Å²) in [7, 11) is 0. The maximum absolute atomic E-state index is 16.4. The van der Waals surface area contributed by atoms with Crippen molar-refractivity contribution in [3.05, 3.63) is 11.6 Å². The van der Waals surface area contributed by atoms with Crippen LogP contribution in [0.1, 0.15) is 127 Å². The zero-order valence-corrected chi connectivity index (χ0v) is 71.8. The average molecular weight is 1830 g/mol. The van der Waals surface area contributed by atoms with Gasteiger partial charge in [0.15, 0.2) is 68.6 Å². The molecule has 0 bridgehead atoms. The van der Waals surface area contributed by atoms with Crippen molar-refractivity contribution in [1.82, 2.24) is 0 Å². The molecule has 0 aromatic rings. The molecule has 9 saturated heterocycles. The molecule has 9 aliphatic heterocycles. The summed E-state index contributed by atoms with van der Waals surface area (Å²) < 4.78 is 115. The van der Waals surface area contributed by atoms with Gasteiger partial charge in [0, 0.05) is 6.92 Å². The number of ether oxygens (including phenoxy) is 19. The van der Waals surface area contributed by atoms with Crippen LogP contribution in [0.15, 0.2) is 11.6 Å². The third kappa shape index (κ3) is 17.9. The number of aliphatic hydroxyl groups is 21. The van der Waals surface area contributed by atoms with E-state index in [1.54, 1.807) is 6.92 Å². The van der Waals surface area contributed by atoms with Crippen LogP contribution in [0.5, 0.6) is 0 Å². The van der Waals surface area contributed by atoms with Gasteiger partial charge in [0.2, 0.25) is 6.29 Å². The Kier molecular flexibility index (Phi) is 29.8. The second-order valence-electron chi connectivity index (χ2n) is 38.9. The molecule has 51 atom stereocenters. The first kappa shape index (κ1) is 99.3. The number of rotatable bonds is 22. The van der Waals surface area contributed by atoms with Crippen molar-refractivity contribution in [2.24, 2.45) is 50.2 Å². The Hall–Kier alpha value is -3.70. The van der Waals surface area contributed by atoms with Gasteiger partial charge >= 0.3 is 17.9 Å². The SMILES string of the molecule is CC(=O)O[C@H]1[C@H](O[C@@H]2OC[C@@H](O)[C@H](O)[C@H]2O)[C@@H](O)[C@H](O[C@@H]2[C@H](O)[C@@H](O[C@@H]3O[C@@H](C)[C@H](O[C@@H]4OC[C@@H](O)[C@H](O[C@@H]5OC[C@@H](O)[C@H](O)[C@H]5O)[C@H]4O)[C@@H](O)[C@H]3O)[C@H](OC(=O)[C@]34CCC(C)(C)C[C@H]3C3=CC[C@@H]5[C@@]6(C)CC[C@H](O[C@H]7O[C@H](C(=O)O)[C@@H](O)[C@H](O[C@@H]8OC[C@@H](O)[C@H](O)[C@H]8O)[C@H]7O[C@@H]7O[C@H](CO)[C@H](O)[C@H](O)[C@H]7O)[C@@](C)(C=O)[C@@H]6CC[C@@]5(C)[C@]3(C)C[C@H]4O)O[C@@H]2C)O[C@@H]1C. The van der Waals surface area contributed by atoms with E-state index in [1.807, 2.05) is 13.8 Å². The fourth-order valence-corrected chi connectivity index (χ4v) is 23.0. The van der Waals surface area contributed by atoms with Crippen LogP contribution in [-0.2, 0) is 109 Å². The molecule has 0 unspecified atom stereocenters. The molecule has 4 saturated carbocycles.